The van der Waals surface area contributed by atoms with Gasteiger partial charge < -0.3 is 19.4 Å². The van der Waals surface area contributed by atoms with Crippen molar-refractivity contribution in [2.24, 2.45) is 5.92 Å². The number of carbonyl (C=O) groups excluding carboxylic acids is 2. The van der Waals surface area contributed by atoms with Crippen LogP contribution in [0.25, 0.3) is 0 Å². The lowest BCUT2D eigenvalue weighted by atomic mass is 10.1. The van der Waals surface area contributed by atoms with E-state index in [1.807, 2.05) is 19.0 Å². The van der Waals surface area contributed by atoms with E-state index in [4.69, 9.17) is 4.74 Å². The molecule has 1 aliphatic rings. The van der Waals surface area contributed by atoms with Gasteiger partial charge in [0.15, 0.2) is 0 Å². The van der Waals surface area contributed by atoms with E-state index in [0.717, 1.165) is 6.54 Å². The molecule has 0 N–H and O–H groups in total. The van der Waals surface area contributed by atoms with Gasteiger partial charge in [0.2, 0.25) is 11.8 Å². The number of ether oxygens (including phenoxy) is 1. The number of amides is 2. The van der Waals surface area contributed by atoms with Crippen LogP contribution in [0.5, 0.6) is 0 Å². The van der Waals surface area contributed by atoms with Crippen LogP contribution in [0.4, 0.5) is 0 Å². The number of nitrogens with zero attached hydrogens (tertiary/aromatic N) is 3. The normalized spacial score (nSPS) is 17.6. The Balaban J connectivity index is 2.02. The van der Waals surface area contributed by atoms with Gasteiger partial charge in [-0.25, -0.2) is 0 Å². The van der Waals surface area contributed by atoms with Gasteiger partial charge in [0.05, 0.1) is 19.1 Å². The number of aryl methyl sites for hydroxylation is 1. The molecular weight excluding hydrogens is 338 g/mol. The van der Waals surface area contributed by atoms with E-state index in [1.165, 1.54) is 9.75 Å². The SMILES string of the molecule is COCCN1C[C@@H](C(=O)N(CCN(C)C)Cc2ccc(C)s2)CC1=O. The Kier molecular flexibility index (Phi) is 7.40. The third kappa shape index (κ3) is 5.80. The zero-order valence-corrected chi connectivity index (χ0v) is 16.5. The van der Waals surface area contributed by atoms with Crippen molar-refractivity contribution in [2.45, 2.75) is 19.9 Å². The summed E-state index contributed by atoms with van der Waals surface area (Å²) in [6, 6.07) is 4.17. The molecule has 0 spiro atoms. The molecule has 2 amide bonds. The first-order chi connectivity index (χ1) is 11.9. The predicted octanol–water partition coefficient (Wildman–Crippen LogP) is 1.44. The van der Waals surface area contributed by atoms with Gasteiger partial charge in [0, 0.05) is 49.5 Å². The van der Waals surface area contributed by atoms with Crippen LogP contribution in [0.1, 0.15) is 16.2 Å². The molecule has 0 aliphatic carbocycles. The van der Waals surface area contributed by atoms with Crippen molar-refractivity contribution in [3.63, 3.8) is 0 Å². The second kappa shape index (κ2) is 9.31. The lowest BCUT2D eigenvalue weighted by molar-refractivity contribution is -0.136. The number of likely N-dealkylation sites (N-methyl/N-ethyl adjacent to an activating group) is 1. The summed E-state index contributed by atoms with van der Waals surface area (Å²) in [5.41, 5.74) is 0. The molecule has 25 heavy (non-hydrogen) atoms. The van der Waals surface area contributed by atoms with Crippen LogP contribution in [-0.2, 0) is 20.9 Å². The van der Waals surface area contributed by atoms with Crippen molar-refractivity contribution in [1.29, 1.82) is 0 Å². The molecule has 2 rings (SSSR count). The summed E-state index contributed by atoms with van der Waals surface area (Å²) in [5, 5.41) is 0. The van der Waals surface area contributed by atoms with Crippen LogP contribution in [0.15, 0.2) is 12.1 Å². The number of hydrogen-bond donors (Lipinski definition) is 0. The van der Waals surface area contributed by atoms with Gasteiger partial charge in [-0.05, 0) is 33.2 Å². The van der Waals surface area contributed by atoms with Crippen molar-refractivity contribution in [3.05, 3.63) is 21.9 Å². The zero-order valence-electron chi connectivity index (χ0n) is 15.7. The van der Waals surface area contributed by atoms with Crippen LogP contribution >= 0.6 is 11.3 Å². The maximum atomic E-state index is 13.0. The Morgan fingerprint density at radius 1 is 1.36 bits per heavy atom. The molecule has 0 aromatic carbocycles. The lowest BCUT2D eigenvalue weighted by Crippen LogP contribution is -2.40. The van der Waals surface area contributed by atoms with Crippen molar-refractivity contribution in [3.8, 4) is 0 Å². The Hall–Kier alpha value is -1.44. The fourth-order valence-electron chi connectivity index (χ4n) is 2.96. The number of carbonyl (C=O) groups is 2. The third-order valence-electron chi connectivity index (χ3n) is 4.40. The van der Waals surface area contributed by atoms with Gasteiger partial charge in [-0.3, -0.25) is 9.59 Å². The Labute approximate surface area is 154 Å². The monoisotopic (exact) mass is 367 g/mol. The smallest absolute Gasteiger partial charge is 0.228 e. The molecule has 0 saturated carbocycles. The number of hydrogen-bond acceptors (Lipinski definition) is 5. The van der Waals surface area contributed by atoms with E-state index in [0.29, 0.717) is 39.2 Å². The van der Waals surface area contributed by atoms with Crippen LogP contribution < -0.4 is 0 Å². The van der Waals surface area contributed by atoms with Crippen LogP contribution in [-0.4, -0.2) is 80.5 Å². The maximum Gasteiger partial charge on any atom is 0.228 e. The molecule has 7 heteroatoms. The van der Waals surface area contributed by atoms with E-state index in [-0.39, 0.29) is 17.7 Å². The minimum atomic E-state index is -0.243. The molecule has 1 fully saturated rings. The van der Waals surface area contributed by atoms with Crippen molar-refractivity contribution < 1.29 is 14.3 Å². The highest BCUT2D eigenvalue weighted by molar-refractivity contribution is 7.11. The molecule has 0 bridgehead atoms. The Bertz CT molecular complexity index is 588. The third-order valence-corrected chi connectivity index (χ3v) is 5.39. The Morgan fingerprint density at radius 3 is 2.72 bits per heavy atom. The number of rotatable bonds is 9. The summed E-state index contributed by atoms with van der Waals surface area (Å²) in [6.07, 6.45) is 0.310. The topological polar surface area (TPSA) is 53.1 Å². The van der Waals surface area contributed by atoms with Gasteiger partial charge in [-0.2, -0.15) is 0 Å². The van der Waals surface area contributed by atoms with Gasteiger partial charge in [0.25, 0.3) is 0 Å². The van der Waals surface area contributed by atoms with Gasteiger partial charge >= 0.3 is 0 Å². The van der Waals surface area contributed by atoms with E-state index in [2.05, 4.69) is 24.0 Å². The fourth-order valence-corrected chi connectivity index (χ4v) is 3.87. The standard InChI is InChI=1S/C18H29N3O3S/c1-14-5-6-16(25-14)13-21(8-7-19(2)3)18(23)15-11-17(22)20(12-15)9-10-24-4/h5-6,15H,7-13H2,1-4H3/t15-/m0/s1. The second-order valence-corrected chi connectivity index (χ2v) is 8.18. The van der Waals surface area contributed by atoms with E-state index < -0.39 is 0 Å². The molecule has 1 saturated heterocycles. The summed E-state index contributed by atoms with van der Waals surface area (Å²) in [4.78, 5) is 33.3. The van der Waals surface area contributed by atoms with E-state index >= 15 is 0 Å². The summed E-state index contributed by atoms with van der Waals surface area (Å²) in [6.45, 7) is 5.74. The highest BCUT2D eigenvalue weighted by atomic mass is 32.1. The quantitative estimate of drug-likeness (QED) is 0.663. The zero-order chi connectivity index (χ0) is 18.4. The van der Waals surface area contributed by atoms with Crippen molar-refractivity contribution >= 4 is 23.2 Å². The largest absolute Gasteiger partial charge is 0.383 e. The maximum absolute atomic E-state index is 13.0. The number of methoxy groups -OCH3 is 1. The molecule has 0 unspecified atom stereocenters. The number of thiophene rings is 1. The lowest BCUT2D eigenvalue weighted by Gasteiger charge is -2.26. The first kappa shape index (κ1) is 19.9. The fraction of sp³-hybridized carbons (Fsp3) is 0.667. The highest BCUT2D eigenvalue weighted by Crippen LogP contribution is 2.23. The summed E-state index contributed by atoms with van der Waals surface area (Å²) in [5.74, 6) is -0.108. The summed E-state index contributed by atoms with van der Waals surface area (Å²) in [7, 11) is 5.63. The predicted molar refractivity (Wildman–Crippen MR) is 99.6 cm³/mol. The minimum Gasteiger partial charge on any atom is -0.383 e. The molecular formula is C18H29N3O3S. The van der Waals surface area contributed by atoms with Crippen molar-refractivity contribution in [1.82, 2.24) is 14.7 Å². The van der Waals surface area contributed by atoms with Gasteiger partial charge in [-0.15, -0.1) is 11.3 Å². The molecule has 1 atom stereocenters. The molecule has 1 aliphatic heterocycles. The first-order valence-corrected chi connectivity index (χ1v) is 9.48. The summed E-state index contributed by atoms with van der Waals surface area (Å²) < 4.78 is 5.05. The second-order valence-electron chi connectivity index (χ2n) is 6.81. The molecule has 140 valence electrons. The van der Waals surface area contributed by atoms with Crippen LogP contribution in [0.2, 0.25) is 0 Å². The molecule has 6 nitrogen and oxygen atoms in total. The van der Waals surface area contributed by atoms with E-state index in [9.17, 15) is 9.59 Å². The number of likely N-dealkylation sites (tertiary alicyclic amines) is 1. The minimum absolute atomic E-state index is 0.0509. The average molecular weight is 368 g/mol. The van der Waals surface area contributed by atoms with Crippen molar-refractivity contribution in [2.75, 3.05) is 54.0 Å². The molecule has 0 radical (unpaired) electrons. The molecule has 2 heterocycles. The van der Waals surface area contributed by atoms with E-state index in [1.54, 1.807) is 23.3 Å². The highest BCUT2D eigenvalue weighted by Gasteiger charge is 2.36. The van der Waals surface area contributed by atoms with Crippen LogP contribution in [0, 0.1) is 12.8 Å². The van der Waals surface area contributed by atoms with Gasteiger partial charge in [-0.1, -0.05) is 0 Å². The first-order valence-electron chi connectivity index (χ1n) is 8.66. The van der Waals surface area contributed by atoms with Crippen LogP contribution in [0.3, 0.4) is 0 Å². The molecule has 1 aromatic rings. The summed E-state index contributed by atoms with van der Waals surface area (Å²) >= 11 is 1.72. The van der Waals surface area contributed by atoms with Gasteiger partial charge in [0.1, 0.15) is 0 Å². The average Bonchev–Trinajstić information content (AvgIpc) is 3.14. The molecule has 1 aromatic heterocycles. The Morgan fingerprint density at radius 2 is 2.12 bits per heavy atom.